The van der Waals surface area contributed by atoms with E-state index in [0.717, 1.165) is 0 Å². The highest BCUT2D eigenvalue weighted by Gasteiger charge is 2.10. The van der Waals surface area contributed by atoms with Crippen LogP contribution in [-0.4, -0.2) is 31.8 Å². The Hall–Kier alpha value is -2.18. The monoisotopic (exact) mass is 263 g/mol. The van der Waals surface area contributed by atoms with Crippen molar-refractivity contribution < 1.29 is 4.79 Å². The predicted octanol–water partition coefficient (Wildman–Crippen LogP) is -0.0978. The van der Waals surface area contributed by atoms with Crippen molar-refractivity contribution in [2.24, 2.45) is 13.0 Å². The molecule has 2 rings (SSSR count). The highest BCUT2D eigenvalue weighted by molar-refractivity contribution is 5.77. The number of rotatable bonds is 4. The first kappa shape index (κ1) is 13.3. The molecule has 7 nitrogen and oxygen atoms in total. The van der Waals surface area contributed by atoms with Gasteiger partial charge in [-0.25, -0.2) is 4.98 Å². The molecular formula is C12H17N5O2. The van der Waals surface area contributed by atoms with Gasteiger partial charge in [0.05, 0.1) is 6.20 Å². The first-order chi connectivity index (χ1) is 8.99. The van der Waals surface area contributed by atoms with Gasteiger partial charge in [0.2, 0.25) is 5.91 Å². The molecule has 102 valence electrons. The molecule has 0 saturated carbocycles. The standard InChI is InChI=1S/C12H17N5O2/c1-8(2)4-13-10(18)6-17-7-14-11-9(12(17)19)5-15-16(11)3/h5,7-8H,4,6H2,1-3H3,(H,13,18). The number of hydrogen-bond acceptors (Lipinski definition) is 4. The van der Waals surface area contributed by atoms with E-state index in [9.17, 15) is 9.59 Å². The van der Waals surface area contributed by atoms with Crippen LogP contribution in [0.4, 0.5) is 0 Å². The predicted molar refractivity (Wildman–Crippen MR) is 70.6 cm³/mol. The molecule has 0 aliphatic rings. The van der Waals surface area contributed by atoms with Gasteiger partial charge in [-0.3, -0.25) is 18.8 Å². The molecule has 19 heavy (non-hydrogen) atoms. The van der Waals surface area contributed by atoms with E-state index < -0.39 is 0 Å². The molecule has 0 aromatic carbocycles. The first-order valence-electron chi connectivity index (χ1n) is 6.13. The van der Waals surface area contributed by atoms with E-state index in [1.165, 1.54) is 21.8 Å². The van der Waals surface area contributed by atoms with Crippen LogP contribution in [0.25, 0.3) is 11.0 Å². The SMILES string of the molecule is CC(C)CNC(=O)Cn1cnc2c(cnn2C)c1=O. The van der Waals surface area contributed by atoms with Crippen LogP contribution < -0.4 is 10.9 Å². The molecule has 0 bridgehead atoms. The molecule has 2 heterocycles. The molecular weight excluding hydrogens is 246 g/mol. The van der Waals surface area contributed by atoms with Crippen molar-refractivity contribution in [3.05, 3.63) is 22.9 Å². The fourth-order valence-electron chi connectivity index (χ4n) is 1.71. The maximum atomic E-state index is 12.1. The van der Waals surface area contributed by atoms with E-state index >= 15 is 0 Å². The topological polar surface area (TPSA) is 81.8 Å². The summed E-state index contributed by atoms with van der Waals surface area (Å²) in [6.45, 7) is 4.59. The van der Waals surface area contributed by atoms with Crippen LogP contribution in [0.2, 0.25) is 0 Å². The van der Waals surface area contributed by atoms with Gasteiger partial charge in [-0.2, -0.15) is 5.10 Å². The fraction of sp³-hybridized carbons (Fsp3) is 0.500. The number of carbonyl (C=O) groups is 1. The van der Waals surface area contributed by atoms with Crippen molar-refractivity contribution in [3.63, 3.8) is 0 Å². The van der Waals surface area contributed by atoms with Crippen molar-refractivity contribution in [3.8, 4) is 0 Å². The minimum absolute atomic E-state index is 0.0244. The van der Waals surface area contributed by atoms with Crippen LogP contribution in [0, 0.1) is 5.92 Å². The highest BCUT2D eigenvalue weighted by atomic mass is 16.2. The molecule has 0 aliphatic heterocycles. The summed E-state index contributed by atoms with van der Waals surface area (Å²) in [6, 6.07) is 0. The molecule has 0 fully saturated rings. The van der Waals surface area contributed by atoms with E-state index in [1.54, 1.807) is 7.05 Å². The number of fused-ring (bicyclic) bond motifs is 1. The number of aromatic nitrogens is 4. The van der Waals surface area contributed by atoms with Crippen LogP contribution in [0.5, 0.6) is 0 Å². The van der Waals surface area contributed by atoms with Gasteiger partial charge in [-0.1, -0.05) is 13.8 Å². The van der Waals surface area contributed by atoms with Gasteiger partial charge in [0, 0.05) is 13.6 Å². The number of nitrogens with one attached hydrogen (secondary N) is 1. The van der Waals surface area contributed by atoms with Crippen LogP contribution in [0.1, 0.15) is 13.8 Å². The molecule has 0 unspecified atom stereocenters. The zero-order valence-corrected chi connectivity index (χ0v) is 11.3. The van der Waals surface area contributed by atoms with Gasteiger partial charge >= 0.3 is 0 Å². The third-order valence-corrected chi connectivity index (χ3v) is 2.74. The summed E-state index contributed by atoms with van der Waals surface area (Å²) in [7, 11) is 1.72. The van der Waals surface area contributed by atoms with E-state index in [2.05, 4.69) is 15.4 Å². The Labute approximate surface area is 110 Å². The number of hydrogen-bond donors (Lipinski definition) is 1. The summed E-state index contributed by atoms with van der Waals surface area (Å²) in [4.78, 5) is 27.9. The third-order valence-electron chi connectivity index (χ3n) is 2.74. The maximum Gasteiger partial charge on any atom is 0.264 e. The normalized spacial score (nSPS) is 11.2. The van der Waals surface area contributed by atoms with Gasteiger partial charge in [-0.05, 0) is 5.92 Å². The Morgan fingerprint density at radius 1 is 1.47 bits per heavy atom. The van der Waals surface area contributed by atoms with Crippen molar-refractivity contribution in [1.82, 2.24) is 24.6 Å². The second kappa shape index (κ2) is 5.21. The lowest BCUT2D eigenvalue weighted by atomic mass is 10.2. The molecule has 7 heteroatoms. The first-order valence-corrected chi connectivity index (χ1v) is 6.13. The van der Waals surface area contributed by atoms with Crippen molar-refractivity contribution in [2.75, 3.05) is 6.54 Å². The second-order valence-corrected chi connectivity index (χ2v) is 4.88. The van der Waals surface area contributed by atoms with Crippen LogP contribution in [0.3, 0.4) is 0 Å². The molecule has 1 N–H and O–H groups in total. The van der Waals surface area contributed by atoms with E-state index in [0.29, 0.717) is 23.5 Å². The van der Waals surface area contributed by atoms with Gasteiger partial charge in [0.25, 0.3) is 5.56 Å². The van der Waals surface area contributed by atoms with Crippen molar-refractivity contribution in [1.29, 1.82) is 0 Å². The minimum atomic E-state index is -0.252. The summed E-state index contributed by atoms with van der Waals surface area (Å²) in [5.74, 6) is 0.181. The lowest BCUT2D eigenvalue weighted by Crippen LogP contribution is -2.34. The van der Waals surface area contributed by atoms with Crippen molar-refractivity contribution in [2.45, 2.75) is 20.4 Å². The summed E-state index contributed by atoms with van der Waals surface area (Å²) in [5.41, 5.74) is 0.265. The second-order valence-electron chi connectivity index (χ2n) is 4.88. The number of aryl methyl sites for hydroxylation is 1. The van der Waals surface area contributed by atoms with Gasteiger partial charge in [0.1, 0.15) is 18.3 Å². The van der Waals surface area contributed by atoms with Gasteiger partial charge < -0.3 is 5.32 Å². The molecule has 2 aromatic rings. The minimum Gasteiger partial charge on any atom is -0.354 e. The molecule has 0 radical (unpaired) electrons. The zero-order valence-electron chi connectivity index (χ0n) is 11.3. The van der Waals surface area contributed by atoms with Gasteiger partial charge in [0.15, 0.2) is 5.65 Å². The summed E-state index contributed by atoms with van der Waals surface area (Å²) in [6.07, 6.45) is 2.84. The van der Waals surface area contributed by atoms with Crippen LogP contribution >= 0.6 is 0 Å². The van der Waals surface area contributed by atoms with Crippen LogP contribution in [0.15, 0.2) is 17.3 Å². The smallest absolute Gasteiger partial charge is 0.264 e. The average Bonchev–Trinajstić information content (AvgIpc) is 2.73. The Bertz CT molecular complexity index is 656. The van der Waals surface area contributed by atoms with E-state index in [1.807, 2.05) is 13.8 Å². The van der Waals surface area contributed by atoms with Crippen molar-refractivity contribution >= 4 is 16.9 Å². The average molecular weight is 263 g/mol. The molecule has 2 aromatic heterocycles. The Morgan fingerprint density at radius 3 is 2.89 bits per heavy atom. The maximum absolute atomic E-state index is 12.1. The lowest BCUT2D eigenvalue weighted by molar-refractivity contribution is -0.121. The number of carbonyl (C=O) groups excluding carboxylic acids is 1. The summed E-state index contributed by atoms with van der Waals surface area (Å²) >= 11 is 0. The zero-order chi connectivity index (χ0) is 14.0. The third kappa shape index (κ3) is 2.81. The van der Waals surface area contributed by atoms with Crippen LogP contribution in [-0.2, 0) is 18.4 Å². The molecule has 0 saturated heterocycles. The highest BCUT2D eigenvalue weighted by Crippen LogP contribution is 2.02. The molecule has 0 spiro atoms. The lowest BCUT2D eigenvalue weighted by Gasteiger charge is -2.08. The van der Waals surface area contributed by atoms with E-state index in [4.69, 9.17) is 0 Å². The largest absolute Gasteiger partial charge is 0.354 e. The Kier molecular flexibility index (Phi) is 3.64. The number of nitrogens with zero attached hydrogens (tertiary/aromatic N) is 4. The summed E-state index contributed by atoms with van der Waals surface area (Å²) in [5, 5.41) is 7.16. The molecule has 0 aliphatic carbocycles. The van der Waals surface area contributed by atoms with Gasteiger partial charge in [-0.15, -0.1) is 0 Å². The van der Waals surface area contributed by atoms with E-state index in [-0.39, 0.29) is 18.0 Å². The Morgan fingerprint density at radius 2 is 2.21 bits per heavy atom. The summed E-state index contributed by atoms with van der Waals surface area (Å²) < 4.78 is 2.82. The fourth-order valence-corrected chi connectivity index (χ4v) is 1.71. The molecule has 1 amide bonds. The quantitative estimate of drug-likeness (QED) is 0.835. The molecule has 0 atom stereocenters. The number of amides is 1. The Balaban J connectivity index is 2.20.